The summed E-state index contributed by atoms with van der Waals surface area (Å²) >= 11 is 0. The van der Waals surface area contributed by atoms with Gasteiger partial charge < -0.3 is 8.98 Å². The molecule has 2 heterocycles. The van der Waals surface area contributed by atoms with Crippen LogP contribution >= 0.6 is 0 Å². The van der Waals surface area contributed by atoms with E-state index in [1.807, 2.05) is 26.0 Å². The Morgan fingerprint density at radius 2 is 1.35 bits per heavy atom. The van der Waals surface area contributed by atoms with Crippen molar-refractivity contribution in [3.8, 4) is 11.1 Å². The maximum atomic E-state index is 6.59. The first-order valence-corrected chi connectivity index (χ1v) is 20.2. The highest BCUT2D eigenvalue weighted by Gasteiger charge is 2.37. The number of aromatic nitrogens is 1. The fourth-order valence-electron chi connectivity index (χ4n) is 8.49. The van der Waals surface area contributed by atoms with E-state index in [2.05, 4.69) is 184 Å². The molecular weight excluding hydrogens is 693 g/mol. The van der Waals surface area contributed by atoms with Crippen molar-refractivity contribution in [3.63, 3.8) is 0 Å². The van der Waals surface area contributed by atoms with Gasteiger partial charge in [-0.2, -0.15) is 0 Å². The molecule has 9 rings (SSSR count). The highest BCUT2D eigenvalue weighted by atomic mass is 16.3. The quantitative estimate of drug-likeness (QED) is 0.107. The number of rotatable bonds is 9. The summed E-state index contributed by atoms with van der Waals surface area (Å²) in [6.45, 7) is 17.6. The second-order valence-electron chi connectivity index (χ2n) is 15.2. The van der Waals surface area contributed by atoms with Crippen molar-refractivity contribution in [2.45, 2.75) is 59.4 Å². The monoisotopic (exact) mass is 742 g/mol. The molecule has 57 heavy (non-hydrogen) atoms. The molecule has 2 aromatic heterocycles. The lowest BCUT2D eigenvalue weighted by Gasteiger charge is -2.21. The summed E-state index contributed by atoms with van der Waals surface area (Å²) in [4.78, 5) is 5.28. The van der Waals surface area contributed by atoms with Crippen molar-refractivity contribution in [2.75, 3.05) is 0 Å². The van der Waals surface area contributed by atoms with E-state index < -0.39 is 0 Å². The number of para-hydroxylation sites is 1. The molecule has 0 spiro atoms. The Labute approximate surface area is 336 Å². The zero-order valence-corrected chi connectivity index (χ0v) is 33.9. The summed E-state index contributed by atoms with van der Waals surface area (Å²) < 4.78 is 9.03. The highest BCUT2D eigenvalue weighted by Crippen LogP contribution is 2.52. The number of hydrogen-bond acceptors (Lipinski definition) is 2. The minimum Gasteiger partial charge on any atom is -0.456 e. The molecule has 0 aliphatic heterocycles. The van der Waals surface area contributed by atoms with Crippen molar-refractivity contribution in [3.05, 3.63) is 198 Å². The van der Waals surface area contributed by atoms with Crippen LogP contribution in [0.4, 0.5) is 0 Å². The van der Waals surface area contributed by atoms with E-state index in [0.29, 0.717) is 0 Å². The molecule has 282 valence electrons. The van der Waals surface area contributed by atoms with Gasteiger partial charge in [0.05, 0.1) is 5.70 Å². The molecule has 1 unspecified atom stereocenters. The van der Waals surface area contributed by atoms with Gasteiger partial charge >= 0.3 is 0 Å². The summed E-state index contributed by atoms with van der Waals surface area (Å²) in [6, 6.07) is 45.9. The lowest BCUT2D eigenvalue weighted by atomic mass is 9.82. The van der Waals surface area contributed by atoms with Crippen LogP contribution in [0.5, 0.6) is 0 Å². The van der Waals surface area contributed by atoms with Gasteiger partial charge in [-0.15, -0.1) is 0 Å². The number of benzene rings is 6. The van der Waals surface area contributed by atoms with E-state index >= 15 is 0 Å². The minimum atomic E-state index is -0.193. The van der Waals surface area contributed by atoms with E-state index in [0.717, 1.165) is 51.0 Å². The van der Waals surface area contributed by atoms with E-state index in [4.69, 9.17) is 9.41 Å². The van der Waals surface area contributed by atoms with E-state index in [-0.39, 0.29) is 11.3 Å². The number of furan rings is 1. The molecule has 0 radical (unpaired) electrons. The number of allylic oxidation sites excluding steroid dienone is 6. The number of nitrogens with zero attached hydrogens (tertiary/aromatic N) is 2. The van der Waals surface area contributed by atoms with Gasteiger partial charge in [-0.3, -0.25) is 4.99 Å². The van der Waals surface area contributed by atoms with Gasteiger partial charge in [0.2, 0.25) is 0 Å². The van der Waals surface area contributed by atoms with E-state index in [9.17, 15) is 0 Å². The fraction of sp³-hybridized carbons (Fsp3) is 0.167. The molecular formula is C54H50N2O. The Morgan fingerprint density at radius 3 is 2.11 bits per heavy atom. The van der Waals surface area contributed by atoms with Crippen LogP contribution in [-0.4, -0.2) is 10.3 Å². The normalized spacial score (nSPS) is 14.4. The predicted octanol–water partition coefficient (Wildman–Crippen LogP) is 15.0. The van der Waals surface area contributed by atoms with E-state index in [1.165, 1.54) is 49.6 Å². The summed E-state index contributed by atoms with van der Waals surface area (Å²) in [5, 5.41) is 4.79. The Balaban J connectivity index is 0.00000224. The average molecular weight is 743 g/mol. The Kier molecular flexibility index (Phi) is 10.3. The summed E-state index contributed by atoms with van der Waals surface area (Å²) in [6.07, 6.45) is 12.4. The summed E-state index contributed by atoms with van der Waals surface area (Å²) in [5.74, 6) is 0.210. The fourth-order valence-corrected chi connectivity index (χ4v) is 8.49. The maximum Gasteiger partial charge on any atom is 0.135 e. The van der Waals surface area contributed by atoms with Crippen molar-refractivity contribution in [2.24, 2.45) is 4.99 Å². The van der Waals surface area contributed by atoms with Crippen LogP contribution < -0.4 is 0 Å². The molecule has 1 aliphatic carbocycles. The second kappa shape index (κ2) is 15.6. The average Bonchev–Trinajstić information content (AvgIpc) is 3.84. The Hall–Kier alpha value is -6.45. The lowest BCUT2D eigenvalue weighted by Crippen LogP contribution is -2.15. The zero-order chi connectivity index (χ0) is 39.7. The van der Waals surface area contributed by atoms with Crippen molar-refractivity contribution < 1.29 is 4.42 Å². The van der Waals surface area contributed by atoms with Crippen LogP contribution in [0.15, 0.2) is 180 Å². The summed E-state index contributed by atoms with van der Waals surface area (Å²) in [7, 11) is 0. The molecule has 0 saturated heterocycles. The number of aliphatic imine (C=N–C) groups is 1. The third-order valence-electron chi connectivity index (χ3n) is 11.4. The molecule has 8 aromatic rings. The third kappa shape index (κ3) is 6.78. The smallest absolute Gasteiger partial charge is 0.135 e. The first-order chi connectivity index (χ1) is 27.8. The summed E-state index contributed by atoms with van der Waals surface area (Å²) in [5.41, 5.74) is 14.7. The topological polar surface area (TPSA) is 30.4 Å². The van der Waals surface area contributed by atoms with Gasteiger partial charge in [0.25, 0.3) is 0 Å². The molecule has 0 amide bonds. The molecule has 0 bridgehead atoms. The minimum absolute atomic E-state index is 0.193. The van der Waals surface area contributed by atoms with Crippen LogP contribution in [0.2, 0.25) is 0 Å². The van der Waals surface area contributed by atoms with E-state index in [1.54, 1.807) is 6.08 Å². The van der Waals surface area contributed by atoms with Gasteiger partial charge in [0, 0.05) is 56.2 Å². The van der Waals surface area contributed by atoms with Crippen LogP contribution in [-0.2, 0) is 12.0 Å². The molecule has 3 nitrogen and oxygen atoms in total. The Bertz CT molecular complexity index is 2890. The van der Waals surface area contributed by atoms with Crippen LogP contribution in [0.1, 0.15) is 75.3 Å². The van der Waals surface area contributed by atoms with Crippen molar-refractivity contribution >= 4 is 55.2 Å². The first kappa shape index (κ1) is 37.5. The van der Waals surface area contributed by atoms with Crippen LogP contribution in [0, 0.1) is 0 Å². The van der Waals surface area contributed by atoms with Gasteiger partial charge in [-0.25, -0.2) is 0 Å². The molecule has 3 heteroatoms. The Morgan fingerprint density at radius 1 is 0.684 bits per heavy atom. The largest absolute Gasteiger partial charge is 0.456 e. The molecule has 6 aromatic carbocycles. The predicted molar refractivity (Wildman–Crippen MR) is 246 cm³/mol. The maximum absolute atomic E-state index is 6.59. The highest BCUT2D eigenvalue weighted by molar-refractivity contribution is 6.14. The van der Waals surface area contributed by atoms with Gasteiger partial charge in [0.1, 0.15) is 11.2 Å². The molecule has 0 fully saturated rings. The van der Waals surface area contributed by atoms with Crippen molar-refractivity contribution in [1.82, 2.24) is 4.57 Å². The SMILES string of the molecule is C=C/C=C\C=C/Cn1c2ccccc2c2cc3c(cc21)C(C)(C)c1cc2oc4ccc(C(C)=N/C(=C\C(C)c5ccccc5)c5ccccc5)cc4c2cc1-3.CC. The van der Waals surface area contributed by atoms with Gasteiger partial charge in [-0.1, -0.05) is 157 Å². The molecule has 1 aliphatic rings. The molecule has 1 atom stereocenters. The second-order valence-corrected chi connectivity index (χ2v) is 15.2. The number of hydrogen-bond donors (Lipinski definition) is 0. The number of fused-ring (bicyclic) bond motifs is 9. The van der Waals surface area contributed by atoms with Crippen LogP contribution in [0.3, 0.4) is 0 Å². The molecule has 0 saturated carbocycles. The standard InChI is InChI=1S/C52H44N2O.C2H6/c1-6-7-8-9-18-27-54-48-24-17-16-23-39(48)42-30-40-41-31-44-43-29-38(25-26-50(43)55-51(44)33-46(41)52(4,5)45(40)32-49(42)54)35(3)53-47(37-21-14-11-15-22-37)28-34(2)36-19-12-10-13-20-36;1-2/h6-26,28-34H,1,27H2,2-5H3;1-2H3/b8-7-,18-9-,47-28-,53-35?;. The zero-order valence-electron chi connectivity index (χ0n) is 33.9. The van der Waals surface area contributed by atoms with Crippen molar-refractivity contribution in [1.29, 1.82) is 0 Å². The van der Waals surface area contributed by atoms with Crippen LogP contribution in [0.25, 0.3) is 60.6 Å². The lowest BCUT2D eigenvalue weighted by molar-refractivity contribution is 0.647. The molecule has 0 N–H and O–H groups in total. The third-order valence-corrected chi connectivity index (χ3v) is 11.4. The first-order valence-electron chi connectivity index (χ1n) is 20.2. The van der Waals surface area contributed by atoms with Gasteiger partial charge in [0.15, 0.2) is 0 Å². The van der Waals surface area contributed by atoms with Gasteiger partial charge in [-0.05, 0) is 94.4 Å².